The van der Waals surface area contributed by atoms with Crippen LogP contribution in [0.1, 0.15) is 34.7 Å². The number of aromatic nitrogens is 2. The van der Waals surface area contributed by atoms with Gasteiger partial charge in [-0.1, -0.05) is 36.4 Å². The first-order valence-electron chi connectivity index (χ1n) is 12.3. The van der Waals surface area contributed by atoms with E-state index in [-0.39, 0.29) is 29.5 Å². The van der Waals surface area contributed by atoms with Gasteiger partial charge in [0.15, 0.2) is 5.82 Å². The number of carboxylic acids is 1. The van der Waals surface area contributed by atoms with Gasteiger partial charge in [-0.05, 0) is 30.2 Å². The van der Waals surface area contributed by atoms with E-state index in [0.29, 0.717) is 16.6 Å². The molecule has 0 spiro atoms. The van der Waals surface area contributed by atoms with Crippen LogP contribution in [-0.2, 0) is 23.9 Å². The molecule has 0 saturated carbocycles. The minimum Gasteiger partial charge on any atom is -0.477 e. The largest absolute Gasteiger partial charge is 0.477 e. The number of β-lactam (4-membered cyclic amide) rings is 1. The predicted octanol–water partition coefficient (Wildman–Crippen LogP) is 1.64. The number of H-pyrrole nitrogens is 1. The minimum atomic E-state index is -1.33. The number of aliphatic carboxylic acids is 1. The molecule has 1 fully saturated rings. The van der Waals surface area contributed by atoms with Crippen LogP contribution in [0, 0.1) is 6.92 Å². The number of carbonyl (C=O) groups is 5. The highest BCUT2D eigenvalue weighted by Gasteiger charge is 2.54. The van der Waals surface area contributed by atoms with Crippen molar-refractivity contribution in [1.29, 1.82) is 0 Å². The summed E-state index contributed by atoms with van der Waals surface area (Å²) in [7, 11) is 0. The molecule has 2 aliphatic heterocycles. The molecule has 12 nitrogen and oxygen atoms in total. The lowest BCUT2D eigenvalue weighted by atomic mass is 10.0. The molecule has 5 rings (SSSR count). The molecule has 3 heterocycles. The van der Waals surface area contributed by atoms with E-state index in [1.54, 1.807) is 36.4 Å². The number of amides is 3. The van der Waals surface area contributed by atoms with E-state index in [2.05, 4.69) is 20.6 Å². The Hall–Kier alpha value is -4.65. The van der Waals surface area contributed by atoms with Crippen LogP contribution in [-0.4, -0.2) is 73.4 Å². The van der Waals surface area contributed by atoms with Gasteiger partial charge in [-0.25, -0.2) is 9.78 Å². The summed E-state index contributed by atoms with van der Waals surface area (Å²) in [6.45, 7) is 2.87. The minimum absolute atomic E-state index is 0.0274. The maximum Gasteiger partial charge on any atom is 0.352 e. The SMILES string of the molecule is CC(=O)OCC1=C(C(=O)O)N2C(=O)C(NC(=O)C(NC(=O)c3nc4ccc(C)cc4[nH]3)c3ccccc3)[C@@H]2SC1. The van der Waals surface area contributed by atoms with E-state index in [9.17, 15) is 29.1 Å². The van der Waals surface area contributed by atoms with E-state index in [4.69, 9.17) is 4.74 Å². The number of rotatable bonds is 8. The van der Waals surface area contributed by atoms with Crippen LogP contribution >= 0.6 is 11.8 Å². The van der Waals surface area contributed by atoms with Crippen molar-refractivity contribution in [3.8, 4) is 0 Å². The fraction of sp³-hybridized carbons (Fsp3) is 0.259. The molecule has 1 aromatic heterocycles. The van der Waals surface area contributed by atoms with Gasteiger partial charge in [0.2, 0.25) is 5.91 Å². The maximum absolute atomic E-state index is 13.5. The topological polar surface area (TPSA) is 171 Å². The summed E-state index contributed by atoms with van der Waals surface area (Å²) in [6.07, 6.45) is 0. The van der Waals surface area contributed by atoms with Crippen molar-refractivity contribution >= 4 is 52.5 Å². The number of aryl methyl sites for hydroxylation is 1. The second kappa shape index (κ2) is 10.8. The highest BCUT2D eigenvalue weighted by molar-refractivity contribution is 8.00. The fourth-order valence-electron chi connectivity index (χ4n) is 4.60. The molecule has 3 amide bonds. The van der Waals surface area contributed by atoms with Gasteiger partial charge in [-0.2, -0.15) is 0 Å². The van der Waals surface area contributed by atoms with Gasteiger partial charge in [-0.3, -0.25) is 24.1 Å². The molecule has 2 aliphatic rings. The molecule has 2 unspecified atom stereocenters. The molecular weight excluding hydrogens is 538 g/mol. The molecular formula is C27H25N5O7S. The summed E-state index contributed by atoms with van der Waals surface area (Å²) >= 11 is 1.25. The number of benzene rings is 2. The number of fused-ring (bicyclic) bond motifs is 2. The molecule has 3 atom stereocenters. The number of esters is 1. The van der Waals surface area contributed by atoms with Crippen LogP contribution in [0.3, 0.4) is 0 Å². The van der Waals surface area contributed by atoms with Crippen LogP contribution in [0.25, 0.3) is 11.0 Å². The third kappa shape index (κ3) is 5.15. The van der Waals surface area contributed by atoms with E-state index in [1.807, 2.05) is 19.1 Å². The highest BCUT2D eigenvalue weighted by Crippen LogP contribution is 2.40. The standard InChI is InChI=1S/C27H25N5O7S/c1-13-8-9-17-18(10-13)29-22(28-17)24(35)30-19(15-6-4-3-5-7-15)23(34)31-20-25(36)32-21(27(37)38)16(11-39-14(2)33)12-40-26(20)32/h3-10,19-20,26H,11-12H2,1-2H3,(H,28,29)(H,30,35)(H,31,34)(H,37,38)/t19?,20?,26-/m0/s1. The summed E-state index contributed by atoms with van der Waals surface area (Å²) < 4.78 is 4.95. The normalized spacial score (nSPS) is 18.9. The number of carbonyl (C=O) groups excluding carboxylic acids is 4. The van der Waals surface area contributed by atoms with Crippen LogP contribution in [0.15, 0.2) is 59.8 Å². The average molecular weight is 564 g/mol. The van der Waals surface area contributed by atoms with E-state index in [1.165, 1.54) is 18.7 Å². The average Bonchev–Trinajstić information content (AvgIpc) is 3.36. The zero-order chi connectivity index (χ0) is 28.6. The van der Waals surface area contributed by atoms with E-state index in [0.717, 1.165) is 10.5 Å². The number of hydrogen-bond donors (Lipinski definition) is 4. The van der Waals surface area contributed by atoms with Crippen molar-refractivity contribution in [3.05, 3.63) is 76.8 Å². The quantitative estimate of drug-likeness (QED) is 0.235. The van der Waals surface area contributed by atoms with Crippen molar-refractivity contribution < 1.29 is 33.8 Å². The number of thioether (sulfide) groups is 1. The van der Waals surface area contributed by atoms with Crippen LogP contribution in [0.4, 0.5) is 0 Å². The van der Waals surface area contributed by atoms with E-state index < -0.39 is 47.1 Å². The molecule has 2 aromatic carbocycles. The van der Waals surface area contributed by atoms with Gasteiger partial charge < -0.3 is 25.5 Å². The zero-order valence-electron chi connectivity index (χ0n) is 21.5. The number of nitrogens with zero attached hydrogens (tertiary/aromatic N) is 2. The van der Waals surface area contributed by atoms with Crippen molar-refractivity contribution in [1.82, 2.24) is 25.5 Å². The lowest BCUT2D eigenvalue weighted by molar-refractivity contribution is -0.151. The second-order valence-corrected chi connectivity index (χ2v) is 10.5. The molecule has 206 valence electrons. The van der Waals surface area contributed by atoms with Gasteiger partial charge in [0.25, 0.3) is 11.8 Å². The molecule has 3 aromatic rings. The lowest BCUT2D eigenvalue weighted by Crippen LogP contribution is -2.71. The lowest BCUT2D eigenvalue weighted by Gasteiger charge is -2.49. The number of hydrogen-bond acceptors (Lipinski definition) is 8. The Kier molecular flexibility index (Phi) is 7.30. The van der Waals surface area contributed by atoms with Crippen LogP contribution in [0.5, 0.6) is 0 Å². The van der Waals surface area contributed by atoms with Crippen molar-refractivity contribution in [2.75, 3.05) is 12.4 Å². The van der Waals surface area contributed by atoms with Gasteiger partial charge in [0, 0.05) is 18.2 Å². The van der Waals surface area contributed by atoms with Gasteiger partial charge in [-0.15, -0.1) is 11.8 Å². The molecule has 0 bridgehead atoms. The Morgan fingerprint density at radius 3 is 2.65 bits per heavy atom. The summed E-state index contributed by atoms with van der Waals surface area (Å²) in [6, 6.07) is 11.9. The summed E-state index contributed by atoms with van der Waals surface area (Å²) in [5.41, 5.74) is 2.78. The number of imidazole rings is 1. The zero-order valence-corrected chi connectivity index (χ0v) is 22.3. The molecule has 40 heavy (non-hydrogen) atoms. The molecule has 4 N–H and O–H groups in total. The van der Waals surface area contributed by atoms with Crippen molar-refractivity contribution in [2.45, 2.75) is 31.3 Å². The Morgan fingerprint density at radius 1 is 1.20 bits per heavy atom. The monoisotopic (exact) mass is 563 g/mol. The second-order valence-electron chi connectivity index (χ2n) is 9.36. The highest BCUT2D eigenvalue weighted by atomic mass is 32.2. The molecule has 1 saturated heterocycles. The first kappa shape index (κ1) is 26.9. The Morgan fingerprint density at radius 2 is 1.95 bits per heavy atom. The number of aromatic amines is 1. The third-order valence-electron chi connectivity index (χ3n) is 6.52. The van der Waals surface area contributed by atoms with Gasteiger partial charge >= 0.3 is 11.9 Å². The van der Waals surface area contributed by atoms with Crippen LogP contribution in [0.2, 0.25) is 0 Å². The number of ether oxygens (including phenoxy) is 1. The van der Waals surface area contributed by atoms with Crippen LogP contribution < -0.4 is 10.6 Å². The first-order valence-corrected chi connectivity index (χ1v) is 13.3. The Labute approximate surface area is 232 Å². The summed E-state index contributed by atoms with van der Waals surface area (Å²) in [5, 5.41) is 14.5. The molecule has 13 heteroatoms. The maximum atomic E-state index is 13.5. The molecule has 0 aliphatic carbocycles. The number of carboxylic acid groups (broad SMARTS) is 1. The number of nitrogens with one attached hydrogen (secondary N) is 3. The van der Waals surface area contributed by atoms with E-state index >= 15 is 0 Å². The third-order valence-corrected chi connectivity index (χ3v) is 7.86. The van der Waals surface area contributed by atoms with Gasteiger partial charge in [0.05, 0.1) is 11.0 Å². The van der Waals surface area contributed by atoms with Gasteiger partial charge in [0.1, 0.15) is 29.8 Å². The Bertz CT molecular complexity index is 1570. The fourth-order valence-corrected chi connectivity index (χ4v) is 5.92. The smallest absolute Gasteiger partial charge is 0.352 e. The Balaban J connectivity index is 1.35. The van der Waals surface area contributed by atoms with Crippen molar-refractivity contribution in [2.24, 2.45) is 0 Å². The first-order chi connectivity index (χ1) is 19.1. The summed E-state index contributed by atoms with van der Waals surface area (Å²) in [5.74, 6) is -3.56. The summed E-state index contributed by atoms with van der Waals surface area (Å²) in [4.78, 5) is 71.2. The molecule has 0 radical (unpaired) electrons. The predicted molar refractivity (Wildman–Crippen MR) is 144 cm³/mol. The van der Waals surface area contributed by atoms with Crippen molar-refractivity contribution in [3.63, 3.8) is 0 Å².